The molecule has 1 amide bonds. The van der Waals surface area contributed by atoms with Crippen molar-refractivity contribution in [2.45, 2.75) is 25.2 Å². The fourth-order valence-electron chi connectivity index (χ4n) is 2.91. The molecule has 3 rings (SSSR count). The van der Waals surface area contributed by atoms with Crippen LogP contribution in [0.4, 0.5) is 5.69 Å². The molecule has 2 aromatic carbocycles. The van der Waals surface area contributed by atoms with Crippen LogP contribution in [-0.4, -0.2) is 32.2 Å². The molecule has 0 atom stereocenters. The van der Waals surface area contributed by atoms with Gasteiger partial charge in [0.05, 0.1) is 29.0 Å². The normalized spacial score (nSPS) is 11.4. The van der Waals surface area contributed by atoms with E-state index in [0.29, 0.717) is 11.4 Å². The van der Waals surface area contributed by atoms with Crippen LogP contribution in [0, 0.1) is 13.8 Å². The molecule has 0 aliphatic carbocycles. The van der Waals surface area contributed by atoms with Gasteiger partial charge in [0.1, 0.15) is 5.75 Å². The zero-order valence-corrected chi connectivity index (χ0v) is 16.8. The first-order chi connectivity index (χ1) is 13.3. The molecule has 0 bridgehead atoms. The van der Waals surface area contributed by atoms with Gasteiger partial charge in [-0.2, -0.15) is 0 Å². The summed E-state index contributed by atoms with van der Waals surface area (Å²) in [5.41, 5.74) is 3.23. The van der Waals surface area contributed by atoms with Crippen LogP contribution in [0.1, 0.15) is 17.7 Å². The maximum Gasteiger partial charge on any atom is 0.225 e. The van der Waals surface area contributed by atoms with E-state index in [9.17, 15) is 13.2 Å². The number of anilines is 1. The van der Waals surface area contributed by atoms with Gasteiger partial charge in [0.25, 0.3) is 0 Å². The lowest BCUT2D eigenvalue weighted by molar-refractivity contribution is -0.115. The number of hydrogen-bond donors (Lipinski definition) is 1. The Kier molecular flexibility index (Phi) is 5.65. The Morgan fingerprint density at radius 2 is 1.75 bits per heavy atom. The van der Waals surface area contributed by atoms with Crippen LogP contribution in [0.3, 0.4) is 0 Å². The zero-order chi connectivity index (χ0) is 20.3. The van der Waals surface area contributed by atoms with Gasteiger partial charge in [0.2, 0.25) is 5.91 Å². The molecule has 0 spiro atoms. The van der Waals surface area contributed by atoms with Gasteiger partial charge in [-0.15, -0.1) is 0 Å². The van der Waals surface area contributed by atoms with Crippen molar-refractivity contribution in [3.05, 3.63) is 59.8 Å². The lowest BCUT2D eigenvalue weighted by Crippen LogP contribution is -2.18. The number of rotatable bonds is 6. The van der Waals surface area contributed by atoms with E-state index < -0.39 is 9.84 Å². The van der Waals surface area contributed by atoms with Crippen LogP contribution in [0.2, 0.25) is 0 Å². The molecule has 7 heteroatoms. The summed E-state index contributed by atoms with van der Waals surface area (Å²) in [7, 11) is -2.05. The van der Waals surface area contributed by atoms with Crippen molar-refractivity contribution < 1.29 is 17.9 Å². The monoisotopic (exact) mass is 398 g/mol. The summed E-state index contributed by atoms with van der Waals surface area (Å²) in [6, 6.07) is 13.7. The summed E-state index contributed by atoms with van der Waals surface area (Å²) in [5.74, 6) is -0.0491. The van der Waals surface area contributed by atoms with Crippen LogP contribution in [0.5, 0.6) is 5.75 Å². The predicted molar refractivity (Wildman–Crippen MR) is 110 cm³/mol. The minimum Gasteiger partial charge on any atom is -0.497 e. The van der Waals surface area contributed by atoms with Crippen LogP contribution < -0.4 is 10.1 Å². The number of amides is 1. The average molecular weight is 398 g/mol. The second kappa shape index (κ2) is 7.98. The molecule has 3 aromatic rings. The summed E-state index contributed by atoms with van der Waals surface area (Å²) in [5, 5.41) is 3.68. The van der Waals surface area contributed by atoms with Crippen LogP contribution in [0.15, 0.2) is 53.4 Å². The quantitative estimate of drug-likeness (QED) is 0.685. The number of benzene rings is 2. The number of fused-ring (bicyclic) bond motifs is 1. The summed E-state index contributed by atoms with van der Waals surface area (Å²) in [6.07, 6.45) is -0.135. The first kappa shape index (κ1) is 19.8. The second-order valence-electron chi connectivity index (χ2n) is 6.57. The SMILES string of the molecule is COc1ccc(S(=O)(=O)CCC(=O)Nc2c(C)ccc3nc(C)ccc23)cc1. The van der Waals surface area contributed by atoms with Crippen molar-refractivity contribution in [2.24, 2.45) is 0 Å². The highest BCUT2D eigenvalue weighted by molar-refractivity contribution is 7.91. The Bertz CT molecular complexity index is 1120. The van der Waals surface area contributed by atoms with Crippen molar-refractivity contribution in [1.29, 1.82) is 0 Å². The number of carbonyl (C=O) groups excluding carboxylic acids is 1. The number of hydrogen-bond acceptors (Lipinski definition) is 5. The minimum absolute atomic E-state index is 0.135. The van der Waals surface area contributed by atoms with Gasteiger partial charge in [-0.05, 0) is 61.9 Å². The molecule has 0 unspecified atom stereocenters. The molecule has 0 saturated carbocycles. The standard InChI is InChI=1S/C21H22N2O4S/c1-14-4-11-19-18(10-5-15(2)22-19)21(14)23-20(24)12-13-28(25,26)17-8-6-16(27-3)7-9-17/h4-11H,12-13H2,1-3H3,(H,23,24). The highest BCUT2D eigenvalue weighted by Crippen LogP contribution is 2.26. The lowest BCUT2D eigenvalue weighted by Gasteiger charge is -2.12. The van der Waals surface area contributed by atoms with Crippen LogP contribution in [0.25, 0.3) is 10.9 Å². The van der Waals surface area contributed by atoms with Crippen molar-refractivity contribution in [3.8, 4) is 5.75 Å². The van der Waals surface area contributed by atoms with E-state index in [-0.39, 0.29) is 23.0 Å². The first-order valence-corrected chi connectivity index (χ1v) is 10.5. The number of carbonyl (C=O) groups is 1. The summed E-state index contributed by atoms with van der Waals surface area (Å²) in [4.78, 5) is 17.1. The van der Waals surface area contributed by atoms with Gasteiger partial charge in [0.15, 0.2) is 9.84 Å². The number of aryl methyl sites for hydroxylation is 2. The van der Waals surface area contributed by atoms with Crippen LogP contribution >= 0.6 is 0 Å². The van der Waals surface area contributed by atoms with Crippen LogP contribution in [-0.2, 0) is 14.6 Å². The molecule has 28 heavy (non-hydrogen) atoms. The van der Waals surface area contributed by atoms with Gasteiger partial charge in [-0.3, -0.25) is 9.78 Å². The fraction of sp³-hybridized carbons (Fsp3) is 0.238. The van der Waals surface area contributed by atoms with E-state index in [4.69, 9.17) is 4.74 Å². The fourth-order valence-corrected chi connectivity index (χ4v) is 4.15. The van der Waals surface area contributed by atoms with E-state index in [0.717, 1.165) is 22.2 Å². The average Bonchev–Trinajstić information content (AvgIpc) is 2.68. The number of sulfone groups is 1. The Morgan fingerprint density at radius 3 is 2.43 bits per heavy atom. The highest BCUT2D eigenvalue weighted by Gasteiger charge is 2.17. The summed E-state index contributed by atoms with van der Waals surface area (Å²) in [6.45, 7) is 3.80. The first-order valence-electron chi connectivity index (χ1n) is 8.84. The molecular weight excluding hydrogens is 376 g/mol. The van der Waals surface area contributed by atoms with Crippen molar-refractivity contribution in [3.63, 3.8) is 0 Å². The smallest absolute Gasteiger partial charge is 0.225 e. The largest absolute Gasteiger partial charge is 0.497 e. The van der Waals surface area contributed by atoms with Gasteiger partial charge in [-0.25, -0.2) is 8.42 Å². The molecule has 0 aliphatic heterocycles. The number of ether oxygens (including phenoxy) is 1. The maximum atomic E-state index is 12.5. The molecule has 1 N–H and O–H groups in total. The Morgan fingerprint density at radius 1 is 1.04 bits per heavy atom. The third-order valence-electron chi connectivity index (χ3n) is 4.50. The van der Waals surface area contributed by atoms with Crippen molar-refractivity contribution >= 4 is 32.3 Å². The molecule has 0 aliphatic rings. The number of aromatic nitrogens is 1. The predicted octanol–water partition coefficient (Wildman–Crippen LogP) is 3.66. The third-order valence-corrected chi connectivity index (χ3v) is 6.23. The van der Waals surface area contributed by atoms with Gasteiger partial charge in [-0.1, -0.05) is 6.07 Å². The lowest BCUT2D eigenvalue weighted by atomic mass is 10.1. The number of methoxy groups -OCH3 is 1. The van der Waals surface area contributed by atoms with Crippen molar-refractivity contribution in [2.75, 3.05) is 18.2 Å². The van der Waals surface area contributed by atoms with E-state index in [1.807, 2.05) is 38.1 Å². The van der Waals surface area contributed by atoms with Crippen molar-refractivity contribution in [1.82, 2.24) is 4.98 Å². The molecule has 6 nitrogen and oxygen atoms in total. The molecule has 146 valence electrons. The minimum atomic E-state index is -3.56. The maximum absolute atomic E-state index is 12.5. The van der Waals surface area contributed by atoms with E-state index in [2.05, 4.69) is 10.3 Å². The third kappa shape index (κ3) is 4.31. The molecule has 1 heterocycles. The van der Waals surface area contributed by atoms with Gasteiger partial charge in [0, 0.05) is 17.5 Å². The molecular formula is C21H22N2O4S. The van der Waals surface area contributed by atoms with E-state index in [1.165, 1.54) is 19.2 Å². The van der Waals surface area contributed by atoms with E-state index in [1.54, 1.807) is 12.1 Å². The highest BCUT2D eigenvalue weighted by atomic mass is 32.2. The molecule has 0 radical (unpaired) electrons. The molecule has 0 fully saturated rings. The number of pyridine rings is 1. The molecule has 1 aromatic heterocycles. The topological polar surface area (TPSA) is 85.4 Å². The van der Waals surface area contributed by atoms with E-state index >= 15 is 0 Å². The Balaban J connectivity index is 1.74. The Hall–Kier alpha value is -2.93. The van der Waals surface area contributed by atoms with Gasteiger partial charge >= 0.3 is 0 Å². The summed E-state index contributed by atoms with van der Waals surface area (Å²) < 4.78 is 30.0. The van der Waals surface area contributed by atoms with Gasteiger partial charge < -0.3 is 10.1 Å². The summed E-state index contributed by atoms with van der Waals surface area (Å²) >= 11 is 0. The zero-order valence-electron chi connectivity index (χ0n) is 16.0. The number of nitrogens with zero attached hydrogens (tertiary/aromatic N) is 1. The Labute approximate surface area is 164 Å². The number of nitrogens with one attached hydrogen (secondary N) is 1. The molecule has 0 saturated heterocycles. The second-order valence-corrected chi connectivity index (χ2v) is 8.68.